The normalized spacial score (nSPS) is 30.7. The predicted octanol–water partition coefficient (Wildman–Crippen LogP) is 1.33. The summed E-state index contributed by atoms with van der Waals surface area (Å²) in [4.78, 5) is 45.4. The van der Waals surface area contributed by atoms with Gasteiger partial charge in [0.1, 0.15) is 11.8 Å². The van der Waals surface area contributed by atoms with Gasteiger partial charge >= 0.3 is 0 Å². The number of hydrogen-bond donors (Lipinski definition) is 3. The fourth-order valence-corrected chi connectivity index (χ4v) is 8.99. The molecule has 0 aliphatic carbocycles. The SMILES string of the molecule is CCOc1ccc(NC(=O)[C@@H]2[C@H]3C(=O)N([C@@H](CC)CO)C(C(=O)NCCN4CCOCC4)C34CC[C@H]2S4)cc1. The van der Waals surface area contributed by atoms with Crippen molar-refractivity contribution in [2.45, 2.75) is 55.2 Å². The molecule has 11 heteroatoms. The number of carbonyl (C=O) groups excluding carboxylic acids is 3. The number of rotatable bonds is 11. The van der Waals surface area contributed by atoms with Gasteiger partial charge in [0.05, 0.1) is 49.1 Å². The maximum atomic E-state index is 14.1. The summed E-state index contributed by atoms with van der Waals surface area (Å²) in [6.07, 6.45) is 2.00. The average molecular weight is 561 g/mol. The van der Waals surface area contributed by atoms with Crippen LogP contribution in [0.4, 0.5) is 5.69 Å². The third-order valence-corrected chi connectivity index (χ3v) is 10.6. The first-order valence-electron chi connectivity index (χ1n) is 14.2. The van der Waals surface area contributed by atoms with Crippen LogP contribution in [0, 0.1) is 11.8 Å². The molecule has 4 fully saturated rings. The minimum atomic E-state index is -0.713. The van der Waals surface area contributed by atoms with Crippen molar-refractivity contribution < 1.29 is 29.0 Å². The molecule has 39 heavy (non-hydrogen) atoms. The van der Waals surface area contributed by atoms with Gasteiger partial charge in [-0.1, -0.05) is 6.92 Å². The topological polar surface area (TPSA) is 120 Å². The first kappa shape index (κ1) is 28.2. The largest absolute Gasteiger partial charge is 0.494 e. The minimum absolute atomic E-state index is 0.0262. The first-order valence-corrected chi connectivity index (χ1v) is 15.0. The van der Waals surface area contributed by atoms with E-state index >= 15 is 0 Å². The van der Waals surface area contributed by atoms with Crippen molar-refractivity contribution >= 4 is 35.2 Å². The molecule has 0 aromatic heterocycles. The zero-order valence-corrected chi connectivity index (χ0v) is 23.6. The van der Waals surface area contributed by atoms with Crippen molar-refractivity contribution in [3.8, 4) is 5.75 Å². The molecule has 10 nitrogen and oxygen atoms in total. The number of ether oxygens (including phenoxy) is 2. The number of morpholine rings is 1. The van der Waals surface area contributed by atoms with E-state index in [1.54, 1.807) is 28.8 Å². The van der Waals surface area contributed by atoms with Crippen molar-refractivity contribution in [3.63, 3.8) is 0 Å². The van der Waals surface area contributed by atoms with Crippen LogP contribution in [0.1, 0.15) is 33.1 Å². The van der Waals surface area contributed by atoms with Crippen LogP contribution in [0.3, 0.4) is 0 Å². The molecule has 4 aliphatic heterocycles. The van der Waals surface area contributed by atoms with Crippen LogP contribution < -0.4 is 15.4 Å². The monoisotopic (exact) mass is 560 g/mol. The second-order valence-corrected chi connectivity index (χ2v) is 12.3. The Morgan fingerprint density at radius 1 is 1.21 bits per heavy atom. The quantitative estimate of drug-likeness (QED) is 0.371. The van der Waals surface area contributed by atoms with Crippen molar-refractivity contribution in [1.82, 2.24) is 15.1 Å². The molecule has 4 aliphatic rings. The Bertz CT molecular complexity index is 1050. The molecule has 3 N–H and O–H groups in total. The van der Waals surface area contributed by atoms with E-state index in [4.69, 9.17) is 9.47 Å². The van der Waals surface area contributed by atoms with Gasteiger partial charge in [0, 0.05) is 37.1 Å². The van der Waals surface area contributed by atoms with Crippen molar-refractivity contribution in [2.24, 2.45) is 11.8 Å². The van der Waals surface area contributed by atoms with Crippen LogP contribution in [0.5, 0.6) is 5.75 Å². The van der Waals surface area contributed by atoms with Crippen LogP contribution in [-0.4, -0.2) is 107 Å². The molecular weight excluding hydrogens is 520 g/mol. The third kappa shape index (κ3) is 5.26. The highest BCUT2D eigenvalue weighted by atomic mass is 32.2. The Labute approximate surface area is 234 Å². The number of amides is 3. The number of fused-ring (bicyclic) bond motifs is 1. The predicted molar refractivity (Wildman–Crippen MR) is 149 cm³/mol. The maximum Gasteiger partial charge on any atom is 0.244 e. The summed E-state index contributed by atoms with van der Waals surface area (Å²) in [5.74, 6) is -0.977. The highest BCUT2D eigenvalue weighted by molar-refractivity contribution is 8.02. The lowest BCUT2D eigenvalue weighted by atomic mass is 9.70. The number of thioether (sulfide) groups is 1. The number of anilines is 1. The summed E-state index contributed by atoms with van der Waals surface area (Å²) in [6, 6.07) is 6.03. The molecule has 1 aromatic rings. The number of aliphatic hydroxyl groups is 1. The first-order chi connectivity index (χ1) is 18.9. The molecule has 1 aromatic carbocycles. The number of nitrogens with one attached hydrogen (secondary N) is 2. The van der Waals surface area contributed by atoms with E-state index in [0.29, 0.717) is 51.4 Å². The summed E-state index contributed by atoms with van der Waals surface area (Å²) in [5.41, 5.74) is 0.645. The number of hydrogen-bond acceptors (Lipinski definition) is 8. The van der Waals surface area contributed by atoms with Gasteiger partial charge in [-0.25, -0.2) is 0 Å². The van der Waals surface area contributed by atoms with Crippen LogP contribution in [-0.2, 0) is 19.1 Å². The number of benzene rings is 1. The second-order valence-electron chi connectivity index (χ2n) is 10.7. The smallest absolute Gasteiger partial charge is 0.244 e. The Hall–Kier alpha value is -2.34. The molecule has 0 radical (unpaired) electrons. The van der Waals surface area contributed by atoms with Crippen molar-refractivity contribution in [2.75, 3.05) is 57.9 Å². The Morgan fingerprint density at radius 2 is 1.95 bits per heavy atom. The Kier molecular flexibility index (Phi) is 8.70. The van der Waals surface area contributed by atoms with E-state index in [2.05, 4.69) is 15.5 Å². The number of likely N-dealkylation sites (tertiary alicyclic amines) is 1. The number of nitrogens with zero attached hydrogens (tertiary/aromatic N) is 2. The summed E-state index contributed by atoms with van der Waals surface area (Å²) >= 11 is 1.64. The van der Waals surface area contributed by atoms with E-state index in [9.17, 15) is 19.5 Å². The maximum absolute atomic E-state index is 14.1. The lowest BCUT2D eigenvalue weighted by molar-refractivity contribution is -0.142. The molecule has 6 atom stereocenters. The van der Waals surface area contributed by atoms with Crippen molar-refractivity contribution in [1.29, 1.82) is 0 Å². The highest BCUT2D eigenvalue weighted by Crippen LogP contribution is 2.66. The molecule has 3 amide bonds. The zero-order valence-electron chi connectivity index (χ0n) is 22.8. The summed E-state index contributed by atoms with van der Waals surface area (Å²) in [7, 11) is 0. The van der Waals surface area contributed by atoms with Crippen LogP contribution in [0.2, 0.25) is 0 Å². The van der Waals surface area contributed by atoms with Gasteiger partial charge in [-0.05, 0) is 50.5 Å². The second kappa shape index (κ2) is 12.0. The van der Waals surface area contributed by atoms with E-state index in [0.717, 1.165) is 25.3 Å². The molecule has 2 bridgehead atoms. The average Bonchev–Trinajstić information content (AvgIpc) is 3.59. The minimum Gasteiger partial charge on any atom is -0.494 e. The van der Waals surface area contributed by atoms with Crippen molar-refractivity contribution in [3.05, 3.63) is 24.3 Å². The van der Waals surface area contributed by atoms with Gasteiger partial charge in [0.25, 0.3) is 0 Å². The van der Waals surface area contributed by atoms with Gasteiger partial charge in [-0.3, -0.25) is 19.3 Å². The molecule has 0 saturated carbocycles. The van der Waals surface area contributed by atoms with Gasteiger partial charge < -0.3 is 30.1 Å². The number of aliphatic hydroxyl groups excluding tert-OH is 1. The summed E-state index contributed by atoms with van der Waals surface area (Å²) in [5, 5.41) is 16.2. The van der Waals surface area contributed by atoms with Gasteiger partial charge in [-0.2, -0.15) is 0 Å². The summed E-state index contributed by atoms with van der Waals surface area (Å²) in [6.45, 7) is 8.40. The van der Waals surface area contributed by atoms with Gasteiger partial charge in [-0.15, -0.1) is 11.8 Å². The fourth-order valence-electron chi connectivity index (χ4n) is 6.78. The van der Waals surface area contributed by atoms with Crippen LogP contribution in [0.15, 0.2) is 24.3 Å². The van der Waals surface area contributed by atoms with Crippen LogP contribution >= 0.6 is 11.8 Å². The summed E-state index contributed by atoms with van der Waals surface area (Å²) < 4.78 is 10.2. The molecule has 5 rings (SSSR count). The van der Waals surface area contributed by atoms with Gasteiger partial charge in [0.15, 0.2) is 0 Å². The molecule has 2 unspecified atom stereocenters. The van der Waals surface area contributed by atoms with Crippen LogP contribution in [0.25, 0.3) is 0 Å². The lowest BCUT2D eigenvalue weighted by Gasteiger charge is -2.37. The Morgan fingerprint density at radius 3 is 2.62 bits per heavy atom. The molecule has 4 saturated heterocycles. The standard InChI is InChI=1S/C28H40N4O6S/c1-3-19(17-33)32-24(26(35)29-11-12-31-13-15-37-16-14-31)28-10-9-21(39-28)22(23(28)27(32)36)25(34)30-18-5-7-20(8-6-18)38-4-2/h5-8,19,21-24,33H,3-4,9-17H2,1-2H3,(H,29,35)(H,30,34)/t19-,21+,22-,23-,24?,28?/m0/s1. The molecule has 4 heterocycles. The fraction of sp³-hybridized carbons (Fsp3) is 0.679. The third-order valence-electron chi connectivity index (χ3n) is 8.63. The molecular formula is C28H40N4O6S. The lowest BCUT2D eigenvalue weighted by Crippen LogP contribution is -2.57. The Balaban J connectivity index is 1.35. The van der Waals surface area contributed by atoms with E-state index in [1.165, 1.54) is 0 Å². The molecule has 214 valence electrons. The zero-order chi connectivity index (χ0) is 27.6. The van der Waals surface area contributed by atoms with E-state index in [1.807, 2.05) is 26.0 Å². The number of carbonyl (C=O) groups is 3. The molecule has 1 spiro atoms. The van der Waals surface area contributed by atoms with E-state index in [-0.39, 0.29) is 29.6 Å². The van der Waals surface area contributed by atoms with Gasteiger partial charge in [0.2, 0.25) is 17.7 Å². The van der Waals surface area contributed by atoms with E-state index < -0.39 is 28.7 Å². The highest BCUT2D eigenvalue weighted by Gasteiger charge is 2.74.